The van der Waals surface area contributed by atoms with E-state index in [1.165, 1.54) is 18.3 Å². The van der Waals surface area contributed by atoms with Gasteiger partial charge in [0.2, 0.25) is 0 Å². The maximum Gasteiger partial charge on any atom is 0.258 e. The van der Waals surface area contributed by atoms with Gasteiger partial charge in [-0.1, -0.05) is 0 Å². The van der Waals surface area contributed by atoms with E-state index < -0.39 is 0 Å². The molecule has 1 heterocycles. The first kappa shape index (κ1) is 21.3. The number of thiazole rings is 1. The molecule has 0 atom stereocenters. The first-order valence-corrected chi connectivity index (χ1v) is 10.4. The lowest BCUT2D eigenvalue weighted by Crippen LogP contribution is -2.28. The number of rotatable bonds is 10. The third kappa shape index (κ3) is 6.31. The van der Waals surface area contributed by atoms with Gasteiger partial charge in [0.05, 0.1) is 18.8 Å². The molecule has 2 aromatic carbocycles. The molecule has 156 valence electrons. The van der Waals surface area contributed by atoms with Crippen molar-refractivity contribution in [3.63, 3.8) is 0 Å². The molecule has 0 fully saturated rings. The first-order chi connectivity index (χ1) is 14.5. The lowest BCUT2D eigenvalue weighted by molar-refractivity contribution is -0.123. The van der Waals surface area contributed by atoms with E-state index in [0.29, 0.717) is 29.6 Å². The van der Waals surface area contributed by atoms with E-state index in [-0.39, 0.29) is 18.3 Å². The SMILES string of the molecule is CCOc1ccc(OCC(=O)NCc2csc(Nc3ccc(C(C)=O)cc3)n2)cc1. The van der Waals surface area contributed by atoms with E-state index in [1.807, 2.05) is 24.4 Å². The van der Waals surface area contributed by atoms with E-state index in [9.17, 15) is 9.59 Å². The molecule has 30 heavy (non-hydrogen) atoms. The maximum atomic E-state index is 12.0. The zero-order chi connectivity index (χ0) is 21.3. The second-order valence-electron chi connectivity index (χ2n) is 6.37. The molecule has 0 unspecified atom stereocenters. The van der Waals surface area contributed by atoms with Crippen LogP contribution < -0.4 is 20.1 Å². The summed E-state index contributed by atoms with van der Waals surface area (Å²) in [5.41, 5.74) is 2.25. The van der Waals surface area contributed by atoms with Gasteiger partial charge in [0.25, 0.3) is 5.91 Å². The molecule has 1 aromatic heterocycles. The average Bonchev–Trinajstić information content (AvgIpc) is 3.19. The Morgan fingerprint density at radius 2 is 1.67 bits per heavy atom. The lowest BCUT2D eigenvalue weighted by Gasteiger charge is -2.08. The molecule has 3 rings (SSSR count). The molecule has 0 aliphatic heterocycles. The minimum atomic E-state index is -0.230. The second-order valence-corrected chi connectivity index (χ2v) is 7.23. The Labute approximate surface area is 179 Å². The molecule has 0 bridgehead atoms. The van der Waals surface area contributed by atoms with Crippen LogP contribution in [0.1, 0.15) is 29.9 Å². The van der Waals surface area contributed by atoms with Crippen LogP contribution in [0.25, 0.3) is 0 Å². The largest absolute Gasteiger partial charge is 0.494 e. The quantitative estimate of drug-likeness (QED) is 0.474. The van der Waals surface area contributed by atoms with Crippen molar-refractivity contribution in [1.29, 1.82) is 0 Å². The number of benzene rings is 2. The minimum absolute atomic E-state index is 0.0281. The highest BCUT2D eigenvalue weighted by molar-refractivity contribution is 7.13. The van der Waals surface area contributed by atoms with Crippen LogP contribution in [0.5, 0.6) is 11.5 Å². The summed E-state index contributed by atoms with van der Waals surface area (Å²) in [6.45, 7) is 4.29. The van der Waals surface area contributed by atoms with Crippen molar-refractivity contribution in [3.05, 3.63) is 65.2 Å². The number of hydrogen-bond donors (Lipinski definition) is 2. The van der Waals surface area contributed by atoms with Gasteiger partial charge in [-0.25, -0.2) is 4.98 Å². The van der Waals surface area contributed by atoms with Crippen molar-refractivity contribution in [2.75, 3.05) is 18.5 Å². The monoisotopic (exact) mass is 425 g/mol. The van der Waals surface area contributed by atoms with Gasteiger partial charge in [-0.2, -0.15) is 0 Å². The van der Waals surface area contributed by atoms with Crippen LogP contribution in [0.4, 0.5) is 10.8 Å². The molecular weight excluding hydrogens is 402 g/mol. The van der Waals surface area contributed by atoms with E-state index in [4.69, 9.17) is 9.47 Å². The first-order valence-electron chi connectivity index (χ1n) is 9.48. The summed E-state index contributed by atoms with van der Waals surface area (Å²) in [5, 5.41) is 8.56. The standard InChI is InChI=1S/C22H23N3O4S/c1-3-28-19-8-10-20(11-9-19)29-13-21(27)23-12-18-14-30-22(25-18)24-17-6-4-16(5-7-17)15(2)26/h4-11,14H,3,12-13H2,1-2H3,(H,23,27)(H,24,25). The van der Waals surface area contributed by atoms with Crippen LogP contribution in [-0.4, -0.2) is 29.9 Å². The molecular formula is C22H23N3O4S. The van der Waals surface area contributed by atoms with Crippen LogP contribution in [0, 0.1) is 0 Å². The molecule has 2 N–H and O–H groups in total. The molecule has 0 spiro atoms. The molecule has 0 radical (unpaired) electrons. The van der Waals surface area contributed by atoms with Crippen LogP contribution >= 0.6 is 11.3 Å². The summed E-state index contributed by atoms with van der Waals surface area (Å²) in [4.78, 5) is 27.8. The van der Waals surface area contributed by atoms with Gasteiger partial charge in [-0.15, -0.1) is 11.3 Å². The Balaban J connectivity index is 1.43. The number of hydrogen-bond acceptors (Lipinski definition) is 7. The predicted molar refractivity (Wildman–Crippen MR) is 117 cm³/mol. The second kappa shape index (κ2) is 10.4. The summed E-state index contributed by atoms with van der Waals surface area (Å²) >= 11 is 1.44. The fourth-order valence-corrected chi connectivity index (χ4v) is 3.28. The smallest absolute Gasteiger partial charge is 0.258 e. The number of amides is 1. The van der Waals surface area contributed by atoms with Gasteiger partial charge in [0, 0.05) is 16.6 Å². The van der Waals surface area contributed by atoms with E-state index >= 15 is 0 Å². The summed E-state index contributed by atoms with van der Waals surface area (Å²) in [6.07, 6.45) is 0. The number of carbonyl (C=O) groups excluding carboxylic acids is 2. The van der Waals surface area contributed by atoms with Gasteiger partial charge >= 0.3 is 0 Å². The van der Waals surface area contributed by atoms with Gasteiger partial charge in [-0.05, 0) is 62.4 Å². The highest BCUT2D eigenvalue weighted by atomic mass is 32.1. The molecule has 8 heteroatoms. The van der Waals surface area contributed by atoms with Crippen LogP contribution in [0.3, 0.4) is 0 Å². The summed E-state index contributed by atoms with van der Waals surface area (Å²) in [7, 11) is 0. The van der Waals surface area contributed by atoms with Crippen molar-refractivity contribution in [3.8, 4) is 11.5 Å². The fraction of sp³-hybridized carbons (Fsp3) is 0.227. The zero-order valence-electron chi connectivity index (χ0n) is 16.8. The topological polar surface area (TPSA) is 89.5 Å². The van der Waals surface area contributed by atoms with Crippen LogP contribution in [-0.2, 0) is 11.3 Å². The Bertz CT molecular complexity index is 984. The number of ketones is 1. The summed E-state index contributed by atoms with van der Waals surface area (Å²) in [5.74, 6) is 1.16. The molecule has 3 aromatic rings. The Kier molecular flexibility index (Phi) is 7.40. The number of aromatic nitrogens is 1. The molecule has 7 nitrogen and oxygen atoms in total. The van der Waals surface area contributed by atoms with Crippen molar-refractivity contribution in [1.82, 2.24) is 10.3 Å². The van der Waals surface area contributed by atoms with Crippen molar-refractivity contribution in [2.45, 2.75) is 20.4 Å². The highest BCUT2D eigenvalue weighted by Crippen LogP contribution is 2.21. The van der Waals surface area contributed by atoms with E-state index in [0.717, 1.165) is 17.1 Å². The Morgan fingerprint density at radius 1 is 1.00 bits per heavy atom. The average molecular weight is 426 g/mol. The normalized spacial score (nSPS) is 10.3. The summed E-state index contributed by atoms with van der Waals surface area (Å²) in [6, 6.07) is 14.3. The molecule has 0 aliphatic carbocycles. The van der Waals surface area contributed by atoms with Crippen LogP contribution in [0.2, 0.25) is 0 Å². The van der Waals surface area contributed by atoms with Gasteiger partial charge < -0.3 is 20.1 Å². The fourth-order valence-electron chi connectivity index (χ4n) is 2.55. The van der Waals surface area contributed by atoms with Gasteiger partial charge in [-0.3, -0.25) is 9.59 Å². The predicted octanol–water partition coefficient (Wildman–Crippen LogP) is 4.18. The zero-order valence-corrected chi connectivity index (χ0v) is 17.6. The maximum absolute atomic E-state index is 12.0. The van der Waals surface area contributed by atoms with E-state index in [2.05, 4.69) is 15.6 Å². The number of Topliss-reactive ketones (excluding diaryl/α,β-unsaturated/α-hetero) is 1. The highest BCUT2D eigenvalue weighted by Gasteiger charge is 2.07. The van der Waals surface area contributed by atoms with E-state index in [1.54, 1.807) is 36.4 Å². The number of nitrogens with one attached hydrogen (secondary N) is 2. The Hall–Kier alpha value is -3.39. The third-order valence-corrected chi connectivity index (χ3v) is 4.87. The van der Waals surface area contributed by atoms with Crippen molar-refractivity contribution < 1.29 is 19.1 Å². The van der Waals surface area contributed by atoms with Crippen molar-refractivity contribution in [2.24, 2.45) is 0 Å². The number of anilines is 2. The minimum Gasteiger partial charge on any atom is -0.494 e. The Morgan fingerprint density at radius 3 is 2.30 bits per heavy atom. The molecule has 0 saturated carbocycles. The number of nitrogens with zero attached hydrogens (tertiary/aromatic N) is 1. The molecule has 0 saturated heterocycles. The molecule has 1 amide bonds. The van der Waals surface area contributed by atoms with Crippen molar-refractivity contribution >= 4 is 33.8 Å². The lowest BCUT2D eigenvalue weighted by atomic mass is 10.1. The number of carbonyl (C=O) groups is 2. The van der Waals surface area contributed by atoms with Gasteiger partial charge in [0.15, 0.2) is 17.5 Å². The van der Waals surface area contributed by atoms with Crippen LogP contribution in [0.15, 0.2) is 53.9 Å². The third-order valence-electron chi connectivity index (χ3n) is 4.07. The number of ether oxygens (including phenoxy) is 2. The van der Waals surface area contributed by atoms with Gasteiger partial charge in [0.1, 0.15) is 11.5 Å². The molecule has 0 aliphatic rings. The summed E-state index contributed by atoms with van der Waals surface area (Å²) < 4.78 is 10.8.